The van der Waals surface area contributed by atoms with E-state index in [9.17, 15) is 4.79 Å². The van der Waals surface area contributed by atoms with Crippen molar-refractivity contribution in [1.82, 2.24) is 20.8 Å². The van der Waals surface area contributed by atoms with E-state index in [0.717, 1.165) is 32.4 Å². The quantitative estimate of drug-likeness (QED) is 0.820. The molecule has 2 aromatic rings. The fourth-order valence-electron chi connectivity index (χ4n) is 4.27. The minimum absolute atomic E-state index is 0. The first-order valence-electron chi connectivity index (χ1n) is 10.2. The molecule has 152 valence electrons. The number of benzene rings is 1. The summed E-state index contributed by atoms with van der Waals surface area (Å²) >= 11 is 0. The molecule has 7 heteroatoms. The van der Waals surface area contributed by atoms with Crippen LogP contribution >= 0.6 is 12.4 Å². The molecule has 0 radical (unpaired) electrons. The van der Waals surface area contributed by atoms with Crippen LogP contribution in [0, 0.1) is 5.92 Å². The summed E-state index contributed by atoms with van der Waals surface area (Å²) in [5.41, 5.74) is 1.17. The van der Waals surface area contributed by atoms with Gasteiger partial charge in [0.05, 0.1) is 5.92 Å². The van der Waals surface area contributed by atoms with Crippen LogP contribution in [-0.4, -0.2) is 35.2 Å². The molecule has 4 rings (SSSR count). The van der Waals surface area contributed by atoms with Crippen molar-refractivity contribution in [3.05, 3.63) is 47.6 Å². The number of nitrogens with zero attached hydrogens (tertiary/aromatic N) is 2. The molecule has 1 aromatic carbocycles. The molecule has 1 aliphatic carbocycles. The highest BCUT2D eigenvalue weighted by atomic mass is 35.5. The van der Waals surface area contributed by atoms with Crippen molar-refractivity contribution in [1.29, 1.82) is 0 Å². The molecule has 3 atom stereocenters. The van der Waals surface area contributed by atoms with Crippen LogP contribution in [0.25, 0.3) is 0 Å². The second-order valence-electron chi connectivity index (χ2n) is 7.75. The van der Waals surface area contributed by atoms with Crippen molar-refractivity contribution in [3.63, 3.8) is 0 Å². The summed E-state index contributed by atoms with van der Waals surface area (Å²) in [7, 11) is 0. The summed E-state index contributed by atoms with van der Waals surface area (Å²) in [6, 6.07) is 10.4. The van der Waals surface area contributed by atoms with Gasteiger partial charge in [0.1, 0.15) is 0 Å². The Morgan fingerprint density at radius 3 is 2.64 bits per heavy atom. The number of carbonyl (C=O) groups is 1. The number of fused-ring (bicyclic) bond motifs is 1. The van der Waals surface area contributed by atoms with Gasteiger partial charge in [-0.15, -0.1) is 12.4 Å². The van der Waals surface area contributed by atoms with E-state index in [-0.39, 0.29) is 36.2 Å². The number of rotatable bonds is 3. The van der Waals surface area contributed by atoms with Crippen LogP contribution in [0.3, 0.4) is 0 Å². The highest BCUT2D eigenvalue weighted by Crippen LogP contribution is 2.38. The minimum atomic E-state index is -0.0161. The van der Waals surface area contributed by atoms with Gasteiger partial charge >= 0.3 is 0 Å². The van der Waals surface area contributed by atoms with Crippen molar-refractivity contribution in [2.75, 3.05) is 13.1 Å². The molecular weight excluding hydrogens is 376 g/mol. The van der Waals surface area contributed by atoms with Crippen LogP contribution in [0.2, 0.25) is 0 Å². The number of carbonyl (C=O) groups excluding carboxylic acids is 1. The number of hydrogen-bond donors (Lipinski definition) is 2. The largest absolute Gasteiger partial charge is 0.356 e. The monoisotopic (exact) mass is 404 g/mol. The van der Waals surface area contributed by atoms with Gasteiger partial charge in [-0.25, -0.2) is 0 Å². The predicted octanol–water partition coefficient (Wildman–Crippen LogP) is 3.22. The average Bonchev–Trinajstić information content (AvgIpc) is 3.31. The van der Waals surface area contributed by atoms with Crippen LogP contribution in [0.15, 0.2) is 34.9 Å². The lowest BCUT2D eigenvalue weighted by molar-refractivity contribution is -0.125. The lowest BCUT2D eigenvalue weighted by atomic mass is 10.0. The van der Waals surface area contributed by atoms with Gasteiger partial charge in [0, 0.05) is 24.9 Å². The maximum Gasteiger partial charge on any atom is 0.229 e. The Morgan fingerprint density at radius 1 is 1.04 bits per heavy atom. The van der Waals surface area contributed by atoms with Gasteiger partial charge in [0.15, 0.2) is 5.82 Å². The highest BCUT2D eigenvalue weighted by Gasteiger charge is 2.41. The van der Waals surface area contributed by atoms with Gasteiger partial charge < -0.3 is 15.2 Å². The molecule has 1 aromatic heterocycles. The second-order valence-corrected chi connectivity index (χ2v) is 7.75. The summed E-state index contributed by atoms with van der Waals surface area (Å²) in [6.45, 7) is 1.76. The molecule has 1 saturated carbocycles. The lowest BCUT2D eigenvalue weighted by Crippen LogP contribution is -2.41. The van der Waals surface area contributed by atoms with E-state index < -0.39 is 0 Å². The third kappa shape index (κ3) is 5.11. The first kappa shape index (κ1) is 20.8. The van der Waals surface area contributed by atoms with Crippen LogP contribution in [-0.2, 0) is 11.2 Å². The smallest absolute Gasteiger partial charge is 0.229 e. The molecule has 1 amide bonds. The molecule has 2 heterocycles. The minimum Gasteiger partial charge on any atom is -0.356 e. The maximum atomic E-state index is 12.6. The average molecular weight is 405 g/mol. The molecule has 6 nitrogen and oxygen atoms in total. The van der Waals surface area contributed by atoms with Crippen molar-refractivity contribution in [3.8, 4) is 0 Å². The Labute approximate surface area is 172 Å². The van der Waals surface area contributed by atoms with E-state index in [1.807, 2.05) is 18.2 Å². The Balaban J connectivity index is 0.00000225. The number of halogens is 1. The molecular formula is C21H29ClN4O2. The molecule has 0 spiro atoms. The van der Waals surface area contributed by atoms with Crippen LogP contribution in [0.4, 0.5) is 0 Å². The molecule has 2 N–H and O–H groups in total. The predicted molar refractivity (Wildman–Crippen MR) is 110 cm³/mol. The third-order valence-electron chi connectivity index (χ3n) is 5.75. The third-order valence-corrected chi connectivity index (χ3v) is 5.75. The van der Waals surface area contributed by atoms with Crippen molar-refractivity contribution >= 4 is 18.3 Å². The van der Waals surface area contributed by atoms with Crippen LogP contribution in [0.1, 0.15) is 61.7 Å². The first-order chi connectivity index (χ1) is 13.3. The van der Waals surface area contributed by atoms with Crippen LogP contribution in [0.5, 0.6) is 0 Å². The van der Waals surface area contributed by atoms with E-state index in [1.54, 1.807) is 0 Å². The molecule has 1 saturated heterocycles. The first-order valence-corrected chi connectivity index (χ1v) is 10.2. The van der Waals surface area contributed by atoms with Crippen LogP contribution < -0.4 is 10.6 Å². The van der Waals surface area contributed by atoms with E-state index in [4.69, 9.17) is 4.52 Å². The van der Waals surface area contributed by atoms with E-state index in [1.165, 1.54) is 24.8 Å². The molecule has 2 fully saturated rings. The van der Waals surface area contributed by atoms with Gasteiger partial charge in [-0.05, 0) is 37.8 Å². The Kier molecular flexibility index (Phi) is 7.45. The Hall–Kier alpha value is -1.92. The van der Waals surface area contributed by atoms with Crippen molar-refractivity contribution in [2.45, 2.75) is 56.9 Å². The maximum absolute atomic E-state index is 12.6. The fraction of sp³-hybridized carbons (Fsp3) is 0.571. The highest BCUT2D eigenvalue weighted by molar-refractivity contribution is 5.85. The van der Waals surface area contributed by atoms with Crippen molar-refractivity contribution in [2.24, 2.45) is 5.92 Å². The summed E-state index contributed by atoms with van der Waals surface area (Å²) in [5.74, 6) is 1.69. The molecule has 0 bridgehead atoms. The molecule has 28 heavy (non-hydrogen) atoms. The lowest BCUT2D eigenvalue weighted by Gasteiger charge is -2.19. The van der Waals surface area contributed by atoms with Gasteiger partial charge in [-0.1, -0.05) is 48.3 Å². The topological polar surface area (TPSA) is 80.0 Å². The Bertz CT molecular complexity index is 752. The zero-order valence-corrected chi connectivity index (χ0v) is 16.9. The van der Waals surface area contributed by atoms with Gasteiger partial charge in [-0.2, -0.15) is 4.98 Å². The number of nitrogens with one attached hydrogen (secondary N) is 2. The van der Waals surface area contributed by atoms with E-state index >= 15 is 0 Å². The fourth-order valence-corrected chi connectivity index (χ4v) is 4.27. The number of hydrogen-bond acceptors (Lipinski definition) is 5. The van der Waals surface area contributed by atoms with E-state index in [0.29, 0.717) is 18.1 Å². The summed E-state index contributed by atoms with van der Waals surface area (Å²) in [5, 5.41) is 10.9. The summed E-state index contributed by atoms with van der Waals surface area (Å²) in [4.78, 5) is 17.3. The summed E-state index contributed by atoms with van der Waals surface area (Å²) < 4.78 is 5.57. The number of amides is 1. The summed E-state index contributed by atoms with van der Waals surface area (Å²) in [6.07, 6.45) is 6.97. The van der Waals surface area contributed by atoms with Gasteiger partial charge in [-0.3, -0.25) is 4.79 Å². The normalized spacial score (nSPS) is 25.9. The van der Waals surface area contributed by atoms with Gasteiger partial charge in [0.2, 0.25) is 11.8 Å². The molecule has 1 aliphatic heterocycles. The SMILES string of the molecule is Cl.O=C1NCCCCCCN[C@H]2C[C@H](c3nc(Cc4ccccc4)no3)C[C@@H]12. The zero-order valence-electron chi connectivity index (χ0n) is 16.1. The van der Waals surface area contributed by atoms with Crippen molar-refractivity contribution < 1.29 is 9.32 Å². The number of aromatic nitrogens is 2. The standard InChI is InChI=1S/C21H28N4O2.ClH/c26-20-17-13-16(14-18(17)22-10-6-1-2-7-11-23-20)21-24-19(25-27-21)12-15-8-4-3-5-9-15;/h3-5,8-9,16-18,22H,1-2,6-7,10-14H2,(H,23,26);1H/t16-,17-,18+;/m1./s1. The van der Waals surface area contributed by atoms with E-state index in [2.05, 4.69) is 32.9 Å². The molecule has 2 aliphatic rings. The Morgan fingerprint density at radius 2 is 1.82 bits per heavy atom. The molecule has 0 unspecified atom stereocenters. The van der Waals surface area contributed by atoms with Gasteiger partial charge in [0.25, 0.3) is 0 Å². The zero-order chi connectivity index (χ0) is 18.5. The second kappa shape index (κ2) is 10.0.